The summed E-state index contributed by atoms with van der Waals surface area (Å²) in [5, 5.41) is 9.53. The van der Waals surface area contributed by atoms with Crippen molar-refractivity contribution in [3.05, 3.63) is 107 Å². The number of benzene rings is 2. The van der Waals surface area contributed by atoms with Crippen molar-refractivity contribution in [2.45, 2.75) is 19.9 Å². The number of nitrogens with zero attached hydrogens (tertiary/aromatic N) is 2. The predicted octanol–water partition coefficient (Wildman–Crippen LogP) is 4.53. The minimum absolute atomic E-state index is 0.107. The van der Waals surface area contributed by atoms with E-state index in [4.69, 9.17) is 13.9 Å². The molecule has 5 rings (SSSR count). The Balaban J connectivity index is 1.65. The van der Waals surface area contributed by atoms with Gasteiger partial charge in [-0.2, -0.15) is 0 Å². The summed E-state index contributed by atoms with van der Waals surface area (Å²) in [6, 6.07) is 14.4. The zero-order valence-electron chi connectivity index (χ0n) is 21.6. The van der Waals surface area contributed by atoms with Gasteiger partial charge in [-0.1, -0.05) is 35.6 Å². The van der Waals surface area contributed by atoms with Gasteiger partial charge < -0.3 is 19.0 Å². The van der Waals surface area contributed by atoms with Crippen LogP contribution >= 0.6 is 27.3 Å². The highest BCUT2D eigenvalue weighted by molar-refractivity contribution is 9.10. The van der Waals surface area contributed by atoms with Gasteiger partial charge in [-0.15, -0.1) is 0 Å². The molecule has 0 fully saturated rings. The second kappa shape index (κ2) is 11.1. The lowest BCUT2D eigenvalue weighted by Crippen LogP contribution is -2.39. The molecule has 0 aliphatic carbocycles. The van der Waals surface area contributed by atoms with E-state index < -0.39 is 18.0 Å². The number of carbonyl (C=O) groups excluding carboxylic acids is 1. The number of thiazole rings is 1. The lowest BCUT2D eigenvalue weighted by Gasteiger charge is -2.25. The maximum absolute atomic E-state index is 13.8. The minimum Gasteiger partial charge on any atom is -0.496 e. The van der Waals surface area contributed by atoms with Crippen LogP contribution in [0.1, 0.15) is 41.6 Å². The standard InChI is InChI=1S/C29H23BrN2O7S/c1-4-38-28(36)24-15(2)31-29-32(25(24)16-9-11-22(37-3)20(30)13-16)26(33)23(40-29)14-17-10-12-21(39-17)18-7-5-6-8-19(18)27(34)35/h5-14,25H,4H2,1-3H3,(H,34,35)/b23-14+/t25-/m0/s1. The molecular formula is C29H23BrN2O7S. The summed E-state index contributed by atoms with van der Waals surface area (Å²) < 4.78 is 19.1. The fourth-order valence-corrected chi connectivity index (χ4v) is 6.13. The first kappa shape index (κ1) is 27.4. The summed E-state index contributed by atoms with van der Waals surface area (Å²) >= 11 is 4.66. The third-order valence-electron chi connectivity index (χ3n) is 6.33. The Kier molecular flexibility index (Phi) is 7.59. The fourth-order valence-electron chi connectivity index (χ4n) is 4.55. The third-order valence-corrected chi connectivity index (χ3v) is 7.93. The molecule has 0 saturated heterocycles. The number of ether oxygens (including phenoxy) is 2. The molecule has 1 aliphatic rings. The molecule has 1 N–H and O–H groups in total. The van der Waals surface area contributed by atoms with Gasteiger partial charge in [0.05, 0.1) is 45.6 Å². The first-order chi connectivity index (χ1) is 19.2. The number of esters is 1. The summed E-state index contributed by atoms with van der Waals surface area (Å²) in [4.78, 5) is 43.5. The van der Waals surface area contributed by atoms with E-state index in [1.807, 2.05) is 0 Å². The average molecular weight is 623 g/mol. The van der Waals surface area contributed by atoms with Crippen molar-refractivity contribution < 1.29 is 28.6 Å². The van der Waals surface area contributed by atoms with Gasteiger partial charge in [-0.25, -0.2) is 14.6 Å². The second-order valence-electron chi connectivity index (χ2n) is 8.75. The predicted molar refractivity (Wildman–Crippen MR) is 152 cm³/mol. The Morgan fingerprint density at radius 2 is 1.98 bits per heavy atom. The van der Waals surface area contributed by atoms with Crippen LogP contribution in [0.3, 0.4) is 0 Å². The number of methoxy groups -OCH3 is 1. The van der Waals surface area contributed by atoms with Crippen LogP contribution in [0.5, 0.6) is 5.75 Å². The number of furan rings is 1. The number of rotatable bonds is 7. The van der Waals surface area contributed by atoms with E-state index in [9.17, 15) is 19.5 Å². The Morgan fingerprint density at radius 1 is 1.20 bits per heavy atom. The largest absolute Gasteiger partial charge is 0.496 e. The van der Waals surface area contributed by atoms with Crippen LogP contribution in [0.15, 0.2) is 84.5 Å². The normalized spacial score (nSPS) is 15.0. The highest BCUT2D eigenvalue weighted by Gasteiger charge is 2.33. The molecule has 0 radical (unpaired) electrons. The molecule has 11 heteroatoms. The first-order valence-electron chi connectivity index (χ1n) is 12.2. The Bertz CT molecular complexity index is 1870. The number of aromatic nitrogens is 1. The molecule has 2 aromatic carbocycles. The summed E-state index contributed by atoms with van der Waals surface area (Å²) in [5.74, 6) is -0.292. The average Bonchev–Trinajstić information content (AvgIpc) is 3.52. The van der Waals surface area contributed by atoms with Gasteiger partial charge in [0.2, 0.25) is 0 Å². The van der Waals surface area contributed by atoms with Gasteiger partial charge in [0.25, 0.3) is 5.56 Å². The molecule has 1 aliphatic heterocycles. The van der Waals surface area contributed by atoms with Crippen LogP contribution in [0.4, 0.5) is 0 Å². The number of allylic oxidation sites excluding steroid dienone is 1. The number of hydrogen-bond donors (Lipinski definition) is 1. The molecule has 9 nitrogen and oxygen atoms in total. The molecule has 0 amide bonds. The molecule has 1 atom stereocenters. The first-order valence-corrected chi connectivity index (χ1v) is 13.8. The van der Waals surface area contributed by atoms with E-state index in [-0.39, 0.29) is 23.3 Å². The molecule has 0 bridgehead atoms. The molecule has 0 spiro atoms. The van der Waals surface area contributed by atoms with Gasteiger partial charge in [0.15, 0.2) is 4.80 Å². The number of carboxylic acid groups (broad SMARTS) is 1. The van der Waals surface area contributed by atoms with Crippen LogP contribution in [-0.4, -0.2) is 35.3 Å². The molecule has 4 aromatic rings. The molecule has 40 heavy (non-hydrogen) atoms. The van der Waals surface area contributed by atoms with Crippen molar-refractivity contribution in [2.24, 2.45) is 4.99 Å². The van der Waals surface area contributed by atoms with E-state index in [0.717, 1.165) is 11.3 Å². The molecule has 204 valence electrons. The number of fused-ring (bicyclic) bond motifs is 1. The summed E-state index contributed by atoms with van der Waals surface area (Å²) in [5.41, 5.74) is 1.56. The number of carboxylic acids is 1. The van der Waals surface area contributed by atoms with Crippen LogP contribution in [0.25, 0.3) is 17.4 Å². The van der Waals surface area contributed by atoms with Crippen molar-refractivity contribution in [3.8, 4) is 17.1 Å². The summed E-state index contributed by atoms with van der Waals surface area (Å²) in [7, 11) is 1.55. The van der Waals surface area contributed by atoms with Crippen molar-refractivity contribution >= 4 is 45.3 Å². The zero-order chi connectivity index (χ0) is 28.6. The Labute approximate surface area is 240 Å². The maximum Gasteiger partial charge on any atom is 0.338 e. The summed E-state index contributed by atoms with van der Waals surface area (Å²) in [6.07, 6.45) is 1.58. The lowest BCUT2D eigenvalue weighted by molar-refractivity contribution is -0.139. The Morgan fingerprint density at radius 3 is 2.67 bits per heavy atom. The topological polar surface area (TPSA) is 120 Å². The monoisotopic (exact) mass is 622 g/mol. The third kappa shape index (κ3) is 4.93. The number of carbonyl (C=O) groups is 2. The highest BCUT2D eigenvalue weighted by Crippen LogP contribution is 2.35. The highest BCUT2D eigenvalue weighted by atomic mass is 79.9. The van der Waals surface area contributed by atoms with Crippen molar-refractivity contribution in [3.63, 3.8) is 0 Å². The summed E-state index contributed by atoms with van der Waals surface area (Å²) in [6.45, 7) is 3.60. The van der Waals surface area contributed by atoms with E-state index in [2.05, 4.69) is 20.9 Å². The maximum atomic E-state index is 13.8. The van der Waals surface area contributed by atoms with Crippen molar-refractivity contribution in [2.75, 3.05) is 13.7 Å². The van der Waals surface area contributed by atoms with Gasteiger partial charge in [0.1, 0.15) is 17.3 Å². The molecule has 3 heterocycles. The van der Waals surface area contributed by atoms with Crippen molar-refractivity contribution in [1.29, 1.82) is 0 Å². The Hall–Kier alpha value is -4.22. The smallest absolute Gasteiger partial charge is 0.338 e. The van der Waals surface area contributed by atoms with Gasteiger partial charge >= 0.3 is 11.9 Å². The minimum atomic E-state index is -1.07. The quantitative estimate of drug-likeness (QED) is 0.301. The van der Waals surface area contributed by atoms with Gasteiger partial charge in [-0.3, -0.25) is 9.36 Å². The van der Waals surface area contributed by atoms with E-state index in [0.29, 0.717) is 47.9 Å². The van der Waals surface area contributed by atoms with Crippen LogP contribution < -0.4 is 19.6 Å². The van der Waals surface area contributed by atoms with Crippen LogP contribution in [0.2, 0.25) is 0 Å². The SMILES string of the molecule is CCOC(=O)C1=C(C)N=c2s/c(=C/c3ccc(-c4ccccc4C(=O)O)o3)c(=O)n2[C@H]1c1ccc(OC)c(Br)c1. The second-order valence-corrected chi connectivity index (χ2v) is 10.6. The number of hydrogen-bond acceptors (Lipinski definition) is 8. The molecular weight excluding hydrogens is 600 g/mol. The number of halogens is 1. The zero-order valence-corrected chi connectivity index (χ0v) is 24.0. The van der Waals surface area contributed by atoms with Crippen LogP contribution in [-0.2, 0) is 9.53 Å². The van der Waals surface area contributed by atoms with Gasteiger partial charge in [0, 0.05) is 11.6 Å². The molecule has 0 saturated carbocycles. The van der Waals surface area contributed by atoms with E-state index >= 15 is 0 Å². The van der Waals surface area contributed by atoms with Crippen molar-refractivity contribution in [1.82, 2.24) is 4.57 Å². The van der Waals surface area contributed by atoms with Crippen LogP contribution in [0, 0.1) is 0 Å². The van der Waals surface area contributed by atoms with E-state index in [1.165, 1.54) is 10.6 Å². The number of aromatic carboxylic acids is 1. The van der Waals surface area contributed by atoms with Gasteiger partial charge in [-0.05, 0) is 65.7 Å². The fraction of sp³-hybridized carbons (Fsp3) is 0.172. The molecule has 2 aromatic heterocycles. The lowest BCUT2D eigenvalue weighted by atomic mass is 9.96. The molecule has 0 unspecified atom stereocenters. The van der Waals surface area contributed by atoms with E-state index in [1.54, 1.807) is 75.6 Å².